The van der Waals surface area contributed by atoms with E-state index in [1.165, 1.54) is 31.2 Å². The number of rotatable bonds is 6. The molecule has 19 heavy (non-hydrogen) atoms. The first kappa shape index (κ1) is 14.5. The topological polar surface area (TPSA) is 32.3 Å². The molecule has 0 bridgehead atoms. The molecular formula is C17H27NO. The molecule has 2 rings (SSSR count). The Morgan fingerprint density at radius 2 is 1.68 bits per heavy atom. The van der Waals surface area contributed by atoms with Gasteiger partial charge in [0.25, 0.3) is 0 Å². The molecule has 2 heteroatoms. The maximum absolute atomic E-state index is 10.5. The molecule has 0 heterocycles. The molecule has 1 aromatic rings. The molecule has 106 valence electrons. The number of aliphatic hydroxyl groups is 1. The Balaban J connectivity index is 1.61. The van der Waals surface area contributed by atoms with E-state index in [0.29, 0.717) is 0 Å². The third-order valence-electron chi connectivity index (χ3n) is 4.15. The van der Waals surface area contributed by atoms with Crippen LogP contribution in [0.1, 0.15) is 50.5 Å². The van der Waals surface area contributed by atoms with Crippen LogP contribution in [-0.2, 0) is 6.42 Å². The maximum atomic E-state index is 10.5. The van der Waals surface area contributed by atoms with Crippen molar-refractivity contribution in [2.75, 3.05) is 13.1 Å². The highest BCUT2D eigenvalue weighted by Crippen LogP contribution is 2.26. The van der Waals surface area contributed by atoms with E-state index in [2.05, 4.69) is 35.6 Å². The molecule has 1 fully saturated rings. The lowest BCUT2D eigenvalue weighted by atomic mass is 9.94. The quantitative estimate of drug-likeness (QED) is 0.608. The minimum Gasteiger partial charge on any atom is -0.389 e. The summed E-state index contributed by atoms with van der Waals surface area (Å²) >= 11 is 0. The molecule has 0 unspecified atom stereocenters. The van der Waals surface area contributed by atoms with E-state index < -0.39 is 5.60 Å². The molecule has 1 saturated carbocycles. The van der Waals surface area contributed by atoms with Crippen molar-refractivity contribution >= 4 is 0 Å². The minimum absolute atomic E-state index is 0.441. The molecule has 0 spiro atoms. The van der Waals surface area contributed by atoms with Gasteiger partial charge in [-0.2, -0.15) is 0 Å². The van der Waals surface area contributed by atoms with E-state index in [1.54, 1.807) is 0 Å². The predicted octanol–water partition coefficient (Wildman–Crippen LogP) is 3.29. The fourth-order valence-corrected chi connectivity index (χ4v) is 2.95. The van der Waals surface area contributed by atoms with Crippen LogP contribution in [0.4, 0.5) is 0 Å². The first-order valence-corrected chi connectivity index (χ1v) is 7.76. The van der Waals surface area contributed by atoms with E-state index in [9.17, 15) is 5.11 Å². The van der Waals surface area contributed by atoms with Gasteiger partial charge in [-0.3, -0.25) is 0 Å². The van der Waals surface area contributed by atoms with Crippen LogP contribution in [0.25, 0.3) is 0 Å². The SMILES string of the molecule is OC1(CNCCCc2ccccc2)CCCCCC1. The Hall–Kier alpha value is -0.860. The van der Waals surface area contributed by atoms with E-state index in [-0.39, 0.29) is 0 Å². The molecule has 0 aliphatic heterocycles. The van der Waals surface area contributed by atoms with Crippen molar-refractivity contribution in [1.29, 1.82) is 0 Å². The Morgan fingerprint density at radius 1 is 1.00 bits per heavy atom. The summed E-state index contributed by atoms with van der Waals surface area (Å²) in [5.74, 6) is 0. The lowest BCUT2D eigenvalue weighted by Crippen LogP contribution is -2.40. The zero-order chi connectivity index (χ0) is 13.4. The van der Waals surface area contributed by atoms with Gasteiger partial charge in [0.05, 0.1) is 5.60 Å². The summed E-state index contributed by atoms with van der Waals surface area (Å²) in [6, 6.07) is 10.6. The van der Waals surface area contributed by atoms with Crippen LogP contribution in [0.2, 0.25) is 0 Å². The van der Waals surface area contributed by atoms with Crippen LogP contribution in [0.15, 0.2) is 30.3 Å². The molecule has 0 aromatic heterocycles. The van der Waals surface area contributed by atoms with Gasteiger partial charge in [-0.1, -0.05) is 56.0 Å². The third-order valence-corrected chi connectivity index (χ3v) is 4.15. The van der Waals surface area contributed by atoms with Gasteiger partial charge < -0.3 is 10.4 Å². The van der Waals surface area contributed by atoms with Crippen LogP contribution in [0, 0.1) is 0 Å². The number of hydrogen-bond donors (Lipinski definition) is 2. The summed E-state index contributed by atoms with van der Waals surface area (Å²) in [6.07, 6.45) is 9.14. The number of aryl methyl sites for hydroxylation is 1. The summed E-state index contributed by atoms with van der Waals surface area (Å²) in [7, 11) is 0. The molecule has 2 N–H and O–H groups in total. The standard InChI is InChI=1S/C17H27NO/c19-17(12-6-1-2-7-13-17)15-18-14-8-11-16-9-4-3-5-10-16/h3-5,9-10,18-19H,1-2,6-8,11-15H2. The highest BCUT2D eigenvalue weighted by molar-refractivity contribution is 5.14. The van der Waals surface area contributed by atoms with E-state index in [4.69, 9.17) is 0 Å². The van der Waals surface area contributed by atoms with E-state index in [0.717, 1.165) is 38.8 Å². The van der Waals surface area contributed by atoms with Crippen molar-refractivity contribution in [2.24, 2.45) is 0 Å². The summed E-state index contributed by atoms with van der Waals surface area (Å²) in [6.45, 7) is 1.76. The normalized spacial score (nSPS) is 19.0. The average molecular weight is 261 g/mol. The fourth-order valence-electron chi connectivity index (χ4n) is 2.95. The molecular weight excluding hydrogens is 234 g/mol. The molecule has 2 nitrogen and oxygen atoms in total. The van der Waals surface area contributed by atoms with Crippen LogP contribution >= 0.6 is 0 Å². The second-order valence-electron chi connectivity index (χ2n) is 5.90. The van der Waals surface area contributed by atoms with Gasteiger partial charge in [0.2, 0.25) is 0 Å². The second kappa shape index (κ2) is 7.66. The van der Waals surface area contributed by atoms with Gasteiger partial charge in [-0.05, 0) is 37.8 Å². The lowest BCUT2D eigenvalue weighted by molar-refractivity contribution is 0.0255. The van der Waals surface area contributed by atoms with Gasteiger partial charge in [-0.15, -0.1) is 0 Å². The van der Waals surface area contributed by atoms with Crippen molar-refractivity contribution < 1.29 is 5.11 Å². The first-order chi connectivity index (χ1) is 9.29. The molecule has 0 radical (unpaired) electrons. The zero-order valence-corrected chi connectivity index (χ0v) is 11.9. The lowest BCUT2D eigenvalue weighted by Gasteiger charge is -2.27. The monoisotopic (exact) mass is 261 g/mol. The fraction of sp³-hybridized carbons (Fsp3) is 0.647. The van der Waals surface area contributed by atoms with Crippen molar-refractivity contribution in [3.8, 4) is 0 Å². The van der Waals surface area contributed by atoms with Crippen LogP contribution < -0.4 is 5.32 Å². The largest absolute Gasteiger partial charge is 0.389 e. The smallest absolute Gasteiger partial charge is 0.0771 e. The molecule has 1 aliphatic carbocycles. The minimum atomic E-state index is -0.441. The molecule has 0 amide bonds. The van der Waals surface area contributed by atoms with Gasteiger partial charge in [0, 0.05) is 6.54 Å². The number of nitrogens with one attached hydrogen (secondary N) is 1. The van der Waals surface area contributed by atoms with Crippen LogP contribution in [0.5, 0.6) is 0 Å². The number of hydrogen-bond acceptors (Lipinski definition) is 2. The summed E-state index contributed by atoms with van der Waals surface area (Å²) in [5, 5.41) is 13.9. The Kier molecular flexibility index (Phi) is 5.87. The first-order valence-electron chi connectivity index (χ1n) is 7.76. The van der Waals surface area contributed by atoms with Crippen molar-refractivity contribution in [3.63, 3.8) is 0 Å². The molecule has 0 atom stereocenters. The summed E-state index contributed by atoms with van der Waals surface area (Å²) < 4.78 is 0. The molecule has 0 saturated heterocycles. The predicted molar refractivity (Wildman–Crippen MR) is 80.3 cm³/mol. The second-order valence-corrected chi connectivity index (χ2v) is 5.90. The molecule has 1 aliphatic rings. The van der Waals surface area contributed by atoms with Crippen molar-refractivity contribution in [3.05, 3.63) is 35.9 Å². The van der Waals surface area contributed by atoms with Crippen LogP contribution in [0.3, 0.4) is 0 Å². The van der Waals surface area contributed by atoms with Gasteiger partial charge in [-0.25, -0.2) is 0 Å². The maximum Gasteiger partial charge on any atom is 0.0771 e. The Morgan fingerprint density at radius 3 is 2.37 bits per heavy atom. The summed E-state index contributed by atoms with van der Waals surface area (Å²) in [4.78, 5) is 0. The van der Waals surface area contributed by atoms with Crippen molar-refractivity contribution in [1.82, 2.24) is 5.32 Å². The van der Waals surface area contributed by atoms with Gasteiger partial charge >= 0.3 is 0 Å². The van der Waals surface area contributed by atoms with E-state index >= 15 is 0 Å². The van der Waals surface area contributed by atoms with Crippen LogP contribution in [-0.4, -0.2) is 23.8 Å². The van der Waals surface area contributed by atoms with E-state index in [1.807, 2.05) is 0 Å². The zero-order valence-electron chi connectivity index (χ0n) is 11.9. The Labute approximate surface area is 117 Å². The van der Waals surface area contributed by atoms with Gasteiger partial charge in [0.1, 0.15) is 0 Å². The summed E-state index contributed by atoms with van der Waals surface area (Å²) in [5.41, 5.74) is 0.959. The van der Waals surface area contributed by atoms with Crippen molar-refractivity contribution in [2.45, 2.75) is 57.0 Å². The molecule has 1 aromatic carbocycles. The highest BCUT2D eigenvalue weighted by atomic mass is 16.3. The highest BCUT2D eigenvalue weighted by Gasteiger charge is 2.26. The van der Waals surface area contributed by atoms with Gasteiger partial charge in [0.15, 0.2) is 0 Å². The number of benzene rings is 1. The Bertz CT molecular complexity index is 342. The third kappa shape index (κ3) is 5.33. The average Bonchev–Trinajstić information content (AvgIpc) is 2.65.